The van der Waals surface area contributed by atoms with E-state index < -0.39 is 0 Å². The van der Waals surface area contributed by atoms with E-state index in [1.165, 1.54) is 6.07 Å². The van der Waals surface area contributed by atoms with E-state index >= 15 is 0 Å². The summed E-state index contributed by atoms with van der Waals surface area (Å²) < 4.78 is 20.7. The SMILES string of the molecule is COc1ccc(N=Cc2ccc3c(ccn3Cc3cccc(F)c3)c2)cc1Cl. The lowest BCUT2D eigenvalue weighted by Crippen LogP contribution is -1.98. The Morgan fingerprint density at radius 3 is 2.75 bits per heavy atom. The monoisotopic (exact) mass is 392 g/mol. The summed E-state index contributed by atoms with van der Waals surface area (Å²) in [7, 11) is 1.58. The van der Waals surface area contributed by atoms with Gasteiger partial charge in [0.1, 0.15) is 11.6 Å². The maximum absolute atomic E-state index is 13.4. The second-order valence-electron chi connectivity index (χ2n) is 6.47. The summed E-state index contributed by atoms with van der Waals surface area (Å²) in [6, 6.07) is 20.3. The summed E-state index contributed by atoms with van der Waals surface area (Å²) in [5.74, 6) is 0.410. The van der Waals surface area contributed by atoms with E-state index in [2.05, 4.69) is 27.8 Å². The van der Waals surface area contributed by atoms with Gasteiger partial charge in [-0.05, 0) is 59.7 Å². The lowest BCUT2D eigenvalue weighted by Gasteiger charge is -2.06. The third-order valence-electron chi connectivity index (χ3n) is 4.54. The van der Waals surface area contributed by atoms with Crippen molar-refractivity contribution in [1.82, 2.24) is 4.57 Å². The minimum Gasteiger partial charge on any atom is -0.495 e. The van der Waals surface area contributed by atoms with Crippen molar-refractivity contribution >= 4 is 34.4 Å². The van der Waals surface area contributed by atoms with Crippen molar-refractivity contribution in [1.29, 1.82) is 0 Å². The number of benzene rings is 3. The molecule has 0 atom stereocenters. The van der Waals surface area contributed by atoms with Gasteiger partial charge in [-0.1, -0.05) is 29.8 Å². The summed E-state index contributed by atoms with van der Waals surface area (Å²) in [6.07, 6.45) is 3.82. The van der Waals surface area contributed by atoms with Gasteiger partial charge in [0.25, 0.3) is 0 Å². The standard InChI is InChI=1S/C23H18ClFN2O/c1-28-23-8-6-20(13-21(23)24)26-14-16-5-7-22-18(11-16)9-10-27(22)15-17-3-2-4-19(25)12-17/h2-14H,15H2,1H3. The number of aromatic nitrogens is 1. The van der Waals surface area contributed by atoms with Gasteiger partial charge in [-0.15, -0.1) is 0 Å². The summed E-state index contributed by atoms with van der Waals surface area (Å²) >= 11 is 6.14. The van der Waals surface area contributed by atoms with Crippen LogP contribution in [-0.2, 0) is 6.54 Å². The van der Waals surface area contributed by atoms with Crippen LogP contribution >= 0.6 is 11.6 Å². The Morgan fingerprint density at radius 2 is 1.96 bits per heavy atom. The van der Waals surface area contributed by atoms with Crippen molar-refractivity contribution in [3.8, 4) is 5.75 Å². The molecule has 1 aromatic heterocycles. The van der Waals surface area contributed by atoms with Gasteiger partial charge in [0.15, 0.2) is 0 Å². The van der Waals surface area contributed by atoms with Crippen LogP contribution in [0, 0.1) is 5.82 Å². The highest BCUT2D eigenvalue weighted by atomic mass is 35.5. The number of ether oxygens (including phenoxy) is 1. The normalized spacial score (nSPS) is 11.4. The molecule has 0 aliphatic carbocycles. The summed E-state index contributed by atoms with van der Waals surface area (Å²) in [5.41, 5.74) is 3.77. The number of methoxy groups -OCH3 is 1. The van der Waals surface area contributed by atoms with Crippen LogP contribution in [0.1, 0.15) is 11.1 Å². The molecule has 0 N–H and O–H groups in total. The molecule has 0 saturated heterocycles. The van der Waals surface area contributed by atoms with Crippen LogP contribution in [0.15, 0.2) is 77.9 Å². The molecule has 0 radical (unpaired) electrons. The van der Waals surface area contributed by atoms with Gasteiger partial charge in [-0.3, -0.25) is 4.99 Å². The van der Waals surface area contributed by atoms with Crippen LogP contribution in [0.2, 0.25) is 5.02 Å². The molecule has 0 amide bonds. The molecule has 5 heteroatoms. The number of aliphatic imine (C=N–C) groups is 1. The number of hydrogen-bond acceptors (Lipinski definition) is 2. The smallest absolute Gasteiger partial charge is 0.137 e. The van der Waals surface area contributed by atoms with Gasteiger partial charge in [-0.25, -0.2) is 4.39 Å². The van der Waals surface area contributed by atoms with E-state index in [0.717, 1.165) is 27.7 Å². The molecule has 0 spiro atoms. The molecule has 0 aliphatic rings. The first kappa shape index (κ1) is 18.3. The second kappa shape index (κ2) is 7.87. The lowest BCUT2D eigenvalue weighted by atomic mass is 10.1. The van der Waals surface area contributed by atoms with Gasteiger partial charge in [-0.2, -0.15) is 0 Å². The largest absolute Gasteiger partial charge is 0.495 e. The van der Waals surface area contributed by atoms with E-state index in [4.69, 9.17) is 16.3 Å². The van der Waals surface area contributed by atoms with Gasteiger partial charge >= 0.3 is 0 Å². The molecule has 28 heavy (non-hydrogen) atoms. The molecule has 1 heterocycles. The summed E-state index contributed by atoms with van der Waals surface area (Å²) in [6.45, 7) is 0.624. The zero-order valence-corrected chi connectivity index (χ0v) is 16.0. The number of nitrogens with zero attached hydrogens (tertiary/aromatic N) is 2. The predicted molar refractivity (Wildman–Crippen MR) is 113 cm³/mol. The lowest BCUT2D eigenvalue weighted by molar-refractivity contribution is 0.415. The number of fused-ring (bicyclic) bond motifs is 1. The number of halogens is 2. The van der Waals surface area contributed by atoms with Crippen molar-refractivity contribution < 1.29 is 9.13 Å². The molecule has 0 unspecified atom stereocenters. The average molecular weight is 393 g/mol. The third-order valence-corrected chi connectivity index (χ3v) is 4.83. The van der Waals surface area contributed by atoms with Crippen LogP contribution in [0.3, 0.4) is 0 Å². The molecule has 4 rings (SSSR count). The Hall–Kier alpha value is -3.11. The van der Waals surface area contributed by atoms with Crippen molar-refractivity contribution in [3.63, 3.8) is 0 Å². The average Bonchev–Trinajstić information content (AvgIpc) is 3.08. The number of rotatable bonds is 5. The van der Waals surface area contributed by atoms with Gasteiger partial charge in [0, 0.05) is 29.9 Å². The molecule has 140 valence electrons. The first-order valence-corrected chi connectivity index (χ1v) is 9.21. The Kier molecular flexibility index (Phi) is 5.13. The molecule has 3 nitrogen and oxygen atoms in total. The van der Waals surface area contributed by atoms with Crippen molar-refractivity contribution in [3.05, 3.63) is 94.9 Å². The minimum atomic E-state index is -0.217. The van der Waals surface area contributed by atoms with E-state index in [1.54, 1.807) is 31.4 Å². The maximum Gasteiger partial charge on any atom is 0.137 e. The highest BCUT2D eigenvalue weighted by Crippen LogP contribution is 2.28. The first-order valence-electron chi connectivity index (χ1n) is 8.83. The molecule has 0 saturated carbocycles. The molecular weight excluding hydrogens is 375 g/mol. The molecule has 3 aromatic carbocycles. The van der Waals surface area contributed by atoms with Gasteiger partial charge in [0.05, 0.1) is 17.8 Å². The molecule has 0 fully saturated rings. The molecule has 0 aliphatic heterocycles. The quantitative estimate of drug-likeness (QED) is 0.369. The molecule has 4 aromatic rings. The Bertz CT molecular complexity index is 1170. The van der Waals surface area contributed by atoms with Crippen LogP contribution in [0.5, 0.6) is 5.75 Å². The van der Waals surface area contributed by atoms with Gasteiger partial charge < -0.3 is 9.30 Å². The van der Waals surface area contributed by atoms with Crippen molar-refractivity contribution in [2.45, 2.75) is 6.54 Å². The van der Waals surface area contributed by atoms with E-state index in [1.807, 2.05) is 30.6 Å². The molecule has 0 bridgehead atoms. The topological polar surface area (TPSA) is 26.5 Å². The van der Waals surface area contributed by atoms with Crippen LogP contribution in [-0.4, -0.2) is 17.9 Å². The Balaban J connectivity index is 1.56. The second-order valence-corrected chi connectivity index (χ2v) is 6.88. The van der Waals surface area contributed by atoms with E-state index in [9.17, 15) is 4.39 Å². The first-order chi connectivity index (χ1) is 13.6. The van der Waals surface area contributed by atoms with E-state index in [-0.39, 0.29) is 5.82 Å². The van der Waals surface area contributed by atoms with Crippen LogP contribution in [0.25, 0.3) is 10.9 Å². The zero-order valence-electron chi connectivity index (χ0n) is 15.3. The fourth-order valence-electron chi connectivity index (χ4n) is 3.15. The fourth-order valence-corrected chi connectivity index (χ4v) is 3.41. The summed E-state index contributed by atoms with van der Waals surface area (Å²) in [5, 5.41) is 1.63. The Morgan fingerprint density at radius 1 is 1.07 bits per heavy atom. The fraction of sp³-hybridized carbons (Fsp3) is 0.0870. The zero-order chi connectivity index (χ0) is 19.5. The van der Waals surface area contributed by atoms with Crippen LogP contribution in [0.4, 0.5) is 10.1 Å². The molecular formula is C23H18ClFN2O. The predicted octanol–water partition coefficient (Wildman–Crippen LogP) is 6.24. The van der Waals surface area contributed by atoms with Crippen molar-refractivity contribution in [2.24, 2.45) is 4.99 Å². The third kappa shape index (κ3) is 3.92. The minimum absolute atomic E-state index is 0.217. The van der Waals surface area contributed by atoms with E-state index in [0.29, 0.717) is 17.3 Å². The maximum atomic E-state index is 13.4. The highest BCUT2D eigenvalue weighted by Gasteiger charge is 2.04. The highest BCUT2D eigenvalue weighted by molar-refractivity contribution is 6.32. The van der Waals surface area contributed by atoms with Crippen LogP contribution < -0.4 is 4.74 Å². The van der Waals surface area contributed by atoms with Crippen molar-refractivity contribution in [2.75, 3.05) is 7.11 Å². The summed E-state index contributed by atoms with van der Waals surface area (Å²) in [4.78, 5) is 4.49. The number of hydrogen-bond donors (Lipinski definition) is 0. The Labute approximate surface area is 167 Å². The van der Waals surface area contributed by atoms with Gasteiger partial charge in [0.2, 0.25) is 0 Å².